The Morgan fingerprint density at radius 3 is 2.90 bits per heavy atom. The van der Waals surface area contributed by atoms with Gasteiger partial charge in [0.15, 0.2) is 16.4 Å². The van der Waals surface area contributed by atoms with Crippen molar-refractivity contribution in [3.63, 3.8) is 0 Å². The first-order chi connectivity index (χ1) is 13.8. The largest absolute Gasteiger partial charge is 0.482 e. The van der Waals surface area contributed by atoms with Crippen molar-refractivity contribution >= 4 is 22.0 Å². The zero-order valence-electron chi connectivity index (χ0n) is 16.1. The average molecular weight is 415 g/mol. The summed E-state index contributed by atoms with van der Waals surface area (Å²) in [6, 6.07) is 8.45. The fourth-order valence-corrected chi connectivity index (χ4v) is 4.91. The van der Waals surface area contributed by atoms with Crippen molar-refractivity contribution in [3.05, 3.63) is 46.8 Å². The van der Waals surface area contributed by atoms with Crippen molar-refractivity contribution in [1.29, 1.82) is 5.26 Å². The number of sulfone groups is 1. The first-order valence-electron chi connectivity index (χ1n) is 9.00. The Kier molecular flexibility index (Phi) is 5.98. The smallest absolute Gasteiger partial charge is 0.277 e. The maximum Gasteiger partial charge on any atom is 0.277 e. The number of nitrogens with one attached hydrogen (secondary N) is 1. The van der Waals surface area contributed by atoms with Gasteiger partial charge in [0, 0.05) is 11.3 Å². The van der Waals surface area contributed by atoms with Crippen LogP contribution in [0, 0.1) is 25.2 Å². The molecule has 2 heterocycles. The highest BCUT2D eigenvalue weighted by molar-refractivity contribution is 7.91. The summed E-state index contributed by atoms with van der Waals surface area (Å²) in [5.74, 6) is 0.112. The minimum absolute atomic E-state index is 0.0871. The van der Waals surface area contributed by atoms with Crippen LogP contribution in [0.15, 0.2) is 29.4 Å². The highest BCUT2D eigenvalue weighted by Gasteiger charge is 2.31. The summed E-state index contributed by atoms with van der Waals surface area (Å²) in [4.78, 5) is 11.9. The molecule has 0 saturated carbocycles. The first-order valence-corrected chi connectivity index (χ1v) is 10.8. The maximum absolute atomic E-state index is 11.9. The van der Waals surface area contributed by atoms with Crippen LogP contribution in [0.4, 0.5) is 0 Å². The van der Waals surface area contributed by atoms with Gasteiger partial charge in [0.25, 0.3) is 5.91 Å². The summed E-state index contributed by atoms with van der Waals surface area (Å²) in [7, 11) is -3.01. The number of nitrogens with zero attached hydrogens (tertiary/aromatic N) is 4. The molecule has 3 rings (SSSR count). The van der Waals surface area contributed by atoms with Crippen LogP contribution in [-0.2, 0) is 14.6 Å². The number of rotatable bonds is 6. The molecule has 10 heteroatoms. The number of aromatic nitrogens is 2. The lowest BCUT2D eigenvalue weighted by molar-refractivity contribution is -0.123. The van der Waals surface area contributed by atoms with Crippen LogP contribution in [0.1, 0.15) is 35.0 Å². The van der Waals surface area contributed by atoms with E-state index in [0.717, 1.165) is 11.3 Å². The molecule has 0 bridgehead atoms. The van der Waals surface area contributed by atoms with Gasteiger partial charge in [0.05, 0.1) is 35.0 Å². The van der Waals surface area contributed by atoms with Crippen molar-refractivity contribution in [2.24, 2.45) is 5.10 Å². The molecule has 0 spiro atoms. The number of amides is 1. The van der Waals surface area contributed by atoms with E-state index >= 15 is 0 Å². The molecule has 1 amide bonds. The number of hydrogen-bond acceptors (Lipinski definition) is 7. The Bertz CT molecular complexity index is 1100. The number of carbonyl (C=O) groups excluding carboxylic acids is 1. The summed E-state index contributed by atoms with van der Waals surface area (Å²) >= 11 is 0. The molecule has 9 nitrogen and oxygen atoms in total. The molecule has 1 N–H and O–H groups in total. The normalized spacial score (nSPS) is 17.9. The highest BCUT2D eigenvalue weighted by Crippen LogP contribution is 2.26. The molecule has 1 fully saturated rings. The topological polar surface area (TPSA) is 126 Å². The van der Waals surface area contributed by atoms with E-state index in [0.29, 0.717) is 23.4 Å². The van der Waals surface area contributed by atoms with Crippen molar-refractivity contribution < 1.29 is 17.9 Å². The number of hydrazone groups is 1. The zero-order valence-corrected chi connectivity index (χ0v) is 16.9. The van der Waals surface area contributed by atoms with Gasteiger partial charge in [-0.05, 0) is 32.4 Å². The van der Waals surface area contributed by atoms with Crippen molar-refractivity contribution in [3.8, 4) is 11.8 Å². The molecule has 0 radical (unpaired) electrons. The summed E-state index contributed by atoms with van der Waals surface area (Å²) in [6.07, 6.45) is 2.03. The van der Waals surface area contributed by atoms with Crippen LogP contribution in [-0.4, -0.2) is 48.4 Å². The van der Waals surface area contributed by atoms with E-state index in [1.54, 1.807) is 35.9 Å². The Morgan fingerprint density at radius 1 is 1.45 bits per heavy atom. The van der Waals surface area contributed by atoms with E-state index in [9.17, 15) is 13.2 Å². The van der Waals surface area contributed by atoms with Crippen LogP contribution >= 0.6 is 0 Å². The Balaban J connectivity index is 1.60. The zero-order chi connectivity index (χ0) is 21.0. The summed E-state index contributed by atoms with van der Waals surface area (Å²) < 4.78 is 30.5. The molecule has 152 valence electrons. The predicted octanol–water partition coefficient (Wildman–Crippen LogP) is 1.26. The van der Waals surface area contributed by atoms with Crippen molar-refractivity contribution in [1.82, 2.24) is 15.2 Å². The molecule has 1 atom stereocenters. The monoisotopic (exact) mass is 415 g/mol. The molecular formula is C19H21N5O4S. The fourth-order valence-electron chi connectivity index (χ4n) is 3.22. The number of para-hydroxylation sites is 1. The molecule has 1 aromatic carbocycles. The third kappa shape index (κ3) is 4.81. The Morgan fingerprint density at radius 2 is 2.21 bits per heavy atom. The third-order valence-corrected chi connectivity index (χ3v) is 6.43. The van der Waals surface area contributed by atoms with E-state index in [-0.39, 0.29) is 24.2 Å². The molecule has 0 aliphatic carbocycles. The van der Waals surface area contributed by atoms with Crippen molar-refractivity contribution in [2.75, 3.05) is 18.1 Å². The molecule has 1 aliphatic heterocycles. The molecule has 1 saturated heterocycles. The van der Waals surface area contributed by atoms with E-state index < -0.39 is 15.7 Å². The van der Waals surface area contributed by atoms with Gasteiger partial charge in [-0.3, -0.25) is 9.48 Å². The van der Waals surface area contributed by atoms with E-state index in [1.807, 2.05) is 13.0 Å². The second-order valence-electron chi connectivity index (χ2n) is 6.78. The number of hydrogen-bond donors (Lipinski definition) is 1. The van der Waals surface area contributed by atoms with Crippen LogP contribution < -0.4 is 10.2 Å². The van der Waals surface area contributed by atoms with Crippen LogP contribution in [0.25, 0.3) is 0 Å². The summed E-state index contributed by atoms with van der Waals surface area (Å²) in [5.41, 5.74) is 4.94. The van der Waals surface area contributed by atoms with E-state index in [1.165, 1.54) is 6.21 Å². The Labute approximate surface area is 168 Å². The van der Waals surface area contributed by atoms with Crippen molar-refractivity contribution in [2.45, 2.75) is 26.3 Å². The standard InChI is InChI=1S/C19H21N5O4S/c1-13-17(14(2)24(23-13)16-7-8-29(26,27)12-16)10-21-22-19(25)11-28-18-6-4-3-5-15(18)9-20/h3-6,10,16H,7-8,11-12H2,1-2H3,(H,22,25)/b21-10-/t16-/m0/s1. The van der Waals surface area contributed by atoms with Gasteiger partial charge < -0.3 is 4.74 Å². The number of aryl methyl sites for hydroxylation is 1. The molecular weight excluding hydrogens is 394 g/mol. The van der Waals surface area contributed by atoms with Gasteiger partial charge in [-0.2, -0.15) is 15.5 Å². The summed E-state index contributed by atoms with van der Waals surface area (Å²) in [5, 5.41) is 17.4. The lowest BCUT2D eigenvalue weighted by atomic mass is 10.2. The van der Waals surface area contributed by atoms with Crippen LogP contribution in [0.3, 0.4) is 0 Å². The van der Waals surface area contributed by atoms with Gasteiger partial charge >= 0.3 is 0 Å². The number of nitriles is 1. The SMILES string of the molecule is Cc1nn([C@H]2CCS(=O)(=O)C2)c(C)c1/C=N\NC(=O)COc1ccccc1C#N. The lowest BCUT2D eigenvalue weighted by Crippen LogP contribution is -2.24. The first kappa shape index (κ1) is 20.5. The molecule has 0 unspecified atom stereocenters. The Hall–Kier alpha value is -3.19. The quantitative estimate of drug-likeness (QED) is 0.559. The minimum Gasteiger partial charge on any atom is -0.482 e. The second kappa shape index (κ2) is 8.45. The highest BCUT2D eigenvalue weighted by atomic mass is 32.2. The number of ether oxygens (including phenoxy) is 1. The van der Waals surface area contributed by atoms with Gasteiger partial charge in [0.2, 0.25) is 0 Å². The van der Waals surface area contributed by atoms with E-state index in [2.05, 4.69) is 15.6 Å². The van der Waals surface area contributed by atoms with Gasteiger partial charge in [-0.15, -0.1) is 0 Å². The fraction of sp³-hybridized carbons (Fsp3) is 0.368. The predicted molar refractivity (Wildman–Crippen MR) is 106 cm³/mol. The average Bonchev–Trinajstić information content (AvgIpc) is 3.19. The number of benzene rings is 1. The summed E-state index contributed by atoms with van der Waals surface area (Å²) in [6.45, 7) is 3.36. The van der Waals surface area contributed by atoms with Gasteiger partial charge in [-0.1, -0.05) is 12.1 Å². The van der Waals surface area contributed by atoms with Crippen LogP contribution in [0.2, 0.25) is 0 Å². The number of carbonyl (C=O) groups is 1. The second-order valence-corrected chi connectivity index (χ2v) is 9.00. The molecule has 29 heavy (non-hydrogen) atoms. The van der Waals surface area contributed by atoms with Crippen LogP contribution in [0.5, 0.6) is 5.75 Å². The molecule has 1 aliphatic rings. The van der Waals surface area contributed by atoms with Gasteiger partial charge in [-0.25, -0.2) is 13.8 Å². The molecule has 2 aromatic rings. The third-order valence-electron chi connectivity index (χ3n) is 4.68. The van der Waals surface area contributed by atoms with E-state index in [4.69, 9.17) is 10.00 Å². The lowest BCUT2D eigenvalue weighted by Gasteiger charge is -2.10. The maximum atomic E-state index is 11.9. The molecule has 1 aromatic heterocycles. The van der Waals surface area contributed by atoms with Gasteiger partial charge in [0.1, 0.15) is 11.8 Å². The minimum atomic E-state index is -3.01.